The first kappa shape index (κ1) is 22.0. The number of nitrogens with one attached hydrogen (secondary N) is 2. The van der Waals surface area contributed by atoms with Gasteiger partial charge in [-0.3, -0.25) is 4.99 Å². The number of thiazole rings is 1. The molecule has 138 valence electrons. The number of benzene rings is 1. The molecule has 0 unspecified atom stereocenters. The van der Waals surface area contributed by atoms with Crippen LogP contribution in [0.4, 0.5) is 0 Å². The van der Waals surface area contributed by atoms with Gasteiger partial charge in [0.2, 0.25) is 0 Å². The molecule has 0 amide bonds. The molecule has 2 rings (SSSR count). The molecule has 1 aromatic heterocycles. The minimum atomic E-state index is 0. The first-order chi connectivity index (χ1) is 11.9. The van der Waals surface area contributed by atoms with Gasteiger partial charge in [0.15, 0.2) is 5.96 Å². The molecule has 0 radical (unpaired) electrons. The Balaban J connectivity index is 0.00000312. The van der Waals surface area contributed by atoms with Crippen LogP contribution in [0.1, 0.15) is 13.3 Å². The molecule has 0 bridgehead atoms. The first-order valence-corrected chi connectivity index (χ1v) is 9.97. The molecule has 25 heavy (non-hydrogen) atoms. The Morgan fingerprint density at radius 2 is 2.12 bits per heavy atom. The normalized spacial score (nSPS) is 10.8. The highest BCUT2D eigenvalue weighted by Gasteiger charge is 1.99. The number of rotatable bonds is 10. The fourth-order valence-corrected chi connectivity index (χ4v) is 3.53. The van der Waals surface area contributed by atoms with Gasteiger partial charge in [-0.1, -0.05) is 30.0 Å². The third-order valence-electron chi connectivity index (χ3n) is 2.96. The fourth-order valence-electron chi connectivity index (χ4n) is 1.89. The van der Waals surface area contributed by atoms with E-state index >= 15 is 0 Å². The maximum atomic E-state index is 5.66. The number of ether oxygens (including phenoxy) is 1. The van der Waals surface area contributed by atoms with Crippen molar-refractivity contribution in [2.24, 2.45) is 4.99 Å². The van der Waals surface area contributed by atoms with E-state index in [1.807, 2.05) is 41.9 Å². The summed E-state index contributed by atoms with van der Waals surface area (Å²) in [4.78, 5) is 8.85. The lowest BCUT2D eigenvalue weighted by Crippen LogP contribution is -2.39. The van der Waals surface area contributed by atoms with Gasteiger partial charge in [-0.2, -0.15) is 0 Å². The van der Waals surface area contributed by atoms with Crippen molar-refractivity contribution in [1.29, 1.82) is 0 Å². The molecule has 2 N–H and O–H groups in total. The lowest BCUT2D eigenvalue weighted by Gasteiger charge is -2.12. The lowest BCUT2D eigenvalue weighted by molar-refractivity contribution is 0.322. The second-order valence-electron chi connectivity index (χ2n) is 4.85. The predicted molar refractivity (Wildman–Crippen MR) is 119 cm³/mol. The zero-order chi connectivity index (χ0) is 16.9. The Morgan fingerprint density at radius 3 is 2.84 bits per heavy atom. The van der Waals surface area contributed by atoms with Gasteiger partial charge in [0.25, 0.3) is 0 Å². The molecule has 0 aliphatic rings. The molecule has 0 aliphatic carbocycles. The second kappa shape index (κ2) is 14.2. The van der Waals surface area contributed by atoms with Crippen molar-refractivity contribution in [2.45, 2.75) is 17.7 Å². The summed E-state index contributed by atoms with van der Waals surface area (Å²) in [6.07, 6.45) is 2.87. The monoisotopic (exact) mass is 492 g/mol. The molecule has 2 aromatic rings. The van der Waals surface area contributed by atoms with Crippen molar-refractivity contribution in [3.63, 3.8) is 0 Å². The van der Waals surface area contributed by atoms with Gasteiger partial charge < -0.3 is 15.4 Å². The number of nitrogens with zero attached hydrogens (tertiary/aromatic N) is 2. The average Bonchev–Trinajstić information content (AvgIpc) is 3.12. The highest BCUT2D eigenvalue weighted by molar-refractivity contribution is 14.0. The van der Waals surface area contributed by atoms with Crippen molar-refractivity contribution < 1.29 is 4.74 Å². The molecule has 0 fully saturated rings. The molecule has 5 nitrogen and oxygen atoms in total. The van der Waals surface area contributed by atoms with Crippen molar-refractivity contribution in [3.8, 4) is 5.75 Å². The number of hydrogen-bond donors (Lipinski definition) is 2. The van der Waals surface area contributed by atoms with Gasteiger partial charge in [0.05, 0.1) is 6.54 Å². The van der Waals surface area contributed by atoms with Crippen molar-refractivity contribution in [3.05, 3.63) is 41.9 Å². The van der Waals surface area contributed by atoms with Crippen molar-refractivity contribution in [2.75, 3.05) is 32.0 Å². The number of aromatic nitrogens is 1. The summed E-state index contributed by atoms with van der Waals surface area (Å²) in [6, 6.07) is 9.84. The van der Waals surface area contributed by atoms with E-state index in [0.717, 1.165) is 41.3 Å². The molecular formula is C17H25IN4OS2. The zero-order valence-corrected chi connectivity index (χ0v) is 18.3. The predicted octanol–water partition coefficient (Wildman–Crippen LogP) is 3.88. The molecule has 0 saturated heterocycles. The first-order valence-electron chi connectivity index (χ1n) is 8.11. The maximum Gasteiger partial charge on any atom is 0.191 e. The second-order valence-corrected chi connectivity index (χ2v) is 7.09. The Morgan fingerprint density at radius 1 is 1.28 bits per heavy atom. The third-order valence-corrected chi connectivity index (χ3v) is 5.01. The summed E-state index contributed by atoms with van der Waals surface area (Å²) in [5.41, 5.74) is 0. The number of thioether (sulfide) groups is 1. The van der Waals surface area contributed by atoms with Crippen LogP contribution in [0.25, 0.3) is 0 Å². The van der Waals surface area contributed by atoms with E-state index in [-0.39, 0.29) is 24.0 Å². The minimum absolute atomic E-state index is 0. The van der Waals surface area contributed by atoms with Crippen LogP contribution in [-0.2, 0) is 0 Å². The van der Waals surface area contributed by atoms with E-state index in [1.165, 1.54) is 0 Å². The largest absolute Gasteiger partial charge is 0.492 e. The smallest absolute Gasteiger partial charge is 0.191 e. The van der Waals surface area contributed by atoms with Crippen molar-refractivity contribution in [1.82, 2.24) is 15.6 Å². The van der Waals surface area contributed by atoms with Gasteiger partial charge in [-0.15, -0.1) is 35.3 Å². The molecule has 0 aliphatic heterocycles. The van der Waals surface area contributed by atoms with E-state index < -0.39 is 0 Å². The summed E-state index contributed by atoms with van der Waals surface area (Å²) >= 11 is 3.47. The summed E-state index contributed by atoms with van der Waals surface area (Å²) in [5.74, 6) is 2.77. The number of halogens is 1. The number of guanidine groups is 1. The SMILES string of the molecule is CCNC(=NCCCSc1nccs1)NCCOc1ccccc1.I. The topological polar surface area (TPSA) is 58.5 Å². The zero-order valence-electron chi connectivity index (χ0n) is 14.3. The van der Waals surface area contributed by atoms with E-state index in [0.29, 0.717) is 13.2 Å². The van der Waals surface area contributed by atoms with E-state index in [2.05, 4.69) is 27.5 Å². The third kappa shape index (κ3) is 9.91. The Hall–Kier alpha value is -1.000. The molecular weight excluding hydrogens is 467 g/mol. The standard InChI is InChI=1S/C17H24N4OS2.HI/c1-2-18-16(19-9-6-13-23-17-21-11-14-24-17)20-10-12-22-15-7-4-3-5-8-15;/h3-5,7-8,11,14H,2,6,9-10,12-13H2,1H3,(H2,18,19,20);1H. The quantitative estimate of drug-likeness (QED) is 0.173. The summed E-state index contributed by atoms with van der Waals surface area (Å²) < 4.78 is 6.79. The Labute approximate surface area is 175 Å². The van der Waals surface area contributed by atoms with E-state index in [9.17, 15) is 0 Å². The Bertz CT molecular complexity index is 582. The molecule has 0 atom stereocenters. The van der Waals surface area contributed by atoms with Crippen LogP contribution in [0.2, 0.25) is 0 Å². The average molecular weight is 492 g/mol. The van der Waals surface area contributed by atoms with E-state index in [4.69, 9.17) is 4.74 Å². The molecule has 0 saturated carbocycles. The molecule has 0 spiro atoms. The number of hydrogen-bond acceptors (Lipinski definition) is 5. The van der Waals surface area contributed by atoms with Gasteiger partial charge in [0, 0.05) is 30.4 Å². The summed E-state index contributed by atoms with van der Waals surface area (Å²) in [7, 11) is 0. The van der Waals surface area contributed by atoms with Gasteiger partial charge >= 0.3 is 0 Å². The van der Waals surface area contributed by atoms with Gasteiger partial charge in [-0.25, -0.2) is 4.98 Å². The fraction of sp³-hybridized carbons (Fsp3) is 0.412. The summed E-state index contributed by atoms with van der Waals surface area (Å²) in [5, 5.41) is 8.55. The number of aliphatic imine (C=N–C) groups is 1. The van der Waals surface area contributed by atoms with E-state index in [1.54, 1.807) is 23.1 Å². The van der Waals surface area contributed by atoms with Crippen LogP contribution < -0.4 is 15.4 Å². The molecule has 8 heteroatoms. The van der Waals surface area contributed by atoms with Crippen LogP contribution in [0.15, 0.2) is 51.2 Å². The van der Waals surface area contributed by atoms with Crippen molar-refractivity contribution >= 4 is 53.0 Å². The van der Waals surface area contributed by atoms with Crippen LogP contribution in [0.5, 0.6) is 5.75 Å². The van der Waals surface area contributed by atoms with Gasteiger partial charge in [-0.05, 0) is 25.5 Å². The van der Waals surface area contributed by atoms with Gasteiger partial charge in [0.1, 0.15) is 16.7 Å². The highest BCUT2D eigenvalue weighted by atomic mass is 127. The minimum Gasteiger partial charge on any atom is -0.492 e. The molecule has 1 heterocycles. The Kier molecular flexibility index (Phi) is 12.5. The van der Waals surface area contributed by atoms with Crippen LogP contribution in [-0.4, -0.2) is 42.9 Å². The van der Waals surface area contributed by atoms with Crippen LogP contribution in [0, 0.1) is 0 Å². The van der Waals surface area contributed by atoms with Crippen LogP contribution >= 0.6 is 47.1 Å². The number of para-hydroxylation sites is 1. The lowest BCUT2D eigenvalue weighted by atomic mass is 10.3. The maximum absolute atomic E-state index is 5.66. The van der Waals surface area contributed by atoms with Crippen LogP contribution in [0.3, 0.4) is 0 Å². The molecule has 1 aromatic carbocycles. The summed E-state index contributed by atoms with van der Waals surface area (Å²) in [6.45, 7) is 5.03. The highest BCUT2D eigenvalue weighted by Crippen LogP contribution is 2.20.